The number of amides is 1. The summed E-state index contributed by atoms with van der Waals surface area (Å²) < 4.78 is 15.1. The Kier molecular flexibility index (Phi) is 4.70. The van der Waals surface area contributed by atoms with Crippen LogP contribution in [0.15, 0.2) is 42.5 Å². The van der Waals surface area contributed by atoms with E-state index in [4.69, 9.17) is 11.6 Å². The first-order valence-electron chi connectivity index (χ1n) is 8.47. The first-order chi connectivity index (χ1) is 12.9. The van der Waals surface area contributed by atoms with Crippen LogP contribution in [0.2, 0.25) is 5.02 Å². The molecular weight excluding hydrogens is 385 g/mol. The van der Waals surface area contributed by atoms with Crippen molar-refractivity contribution in [1.82, 2.24) is 9.78 Å². The van der Waals surface area contributed by atoms with Crippen molar-refractivity contribution in [3.8, 4) is 5.69 Å². The van der Waals surface area contributed by atoms with Gasteiger partial charge in [0, 0.05) is 10.6 Å². The second-order valence-corrected chi connectivity index (χ2v) is 7.98. The van der Waals surface area contributed by atoms with Crippen LogP contribution >= 0.6 is 23.4 Å². The van der Waals surface area contributed by atoms with E-state index in [1.54, 1.807) is 16.8 Å². The summed E-state index contributed by atoms with van der Waals surface area (Å²) in [5.74, 6) is 0.570. The molecular formula is C20H17ClFN3OS. The molecule has 7 heteroatoms. The molecule has 0 fully saturated rings. The molecule has 2 heterocycles. The molecule has 27 heavy (non-hydrogen) atoms. The number of hydrogen-bond donors (Lipinski definition) is 1. The summed E-state index contributed by atoms with van der Waals surface area (Å²) in [6.45, 7) is 3.85. The van der Waals surface area contributed by atoms with Crippen molar-refractivity contribution in [2.24, 2.45) is 0 Å². The number of benzene rings is 2. The van der Waals surface area contributed by atoms with E-state index in [0.717, 1.165) is 28.1 Å². The first-order valence-corrected chi connectivity index (χ1v) is 9.89. The second kappa shape index (κ2) is 7.02. The molecule has 1 aliphatic rings. The number of fused-ring (bicyclic) bond motifs is 1. The number of hydrogen-bond acceptors (Lipinski definition) is 3. The van der Waals surface area contributed by atoms with E-state index >= 15 is 0 Å². The summed E-state index contributed by atoms with van der Waals surface area (Å²) in [6.07, 6.45) is 0. The number of halogens is 2. The molecule has 0 unspecified atom stereocenters. The highest BCUT2D eigenvalue weighted by molar-refractivity contribution is 8.00. The molecule has 1 aliphatic heterocycles. The molecule has 2 aromatic carbocycles. The lowest BCUT2D eigenvalue weighted by molar-refractivity contribution is -0.113. The molecule has 138 valence electrons. The largest absolute Gasteiger partial charge is 0.310 e. The maximum atomic E-state index is 13.4. The summed E-state index contributed by atoms with van der Waals surface area (Å²) in [4.78, 5) is 12.3. The lowest BCUT2D eigenvalue weighted by atomic mass is 10.0. The highest BCUT2D eigenvalue weighted by atomic mass is 35.5. The van der Waals surface area contributed by atoms with Crippen LogP contribution in [0, 0.1) is 19.7 Å². The van der Waals surface area contributed by atoms with Crippen LogP contribution < -0.4 is 5.32 Å². The molecule has 0 aliphatic carbocycles. The number of carbonyl (C=O) groups is 1. The molecule has 1 aromatic heterocycles. The lowest BCUT2D eigenvalue weighted by Gasteiger charge is -2.15. The van der Waals surface area contributed by atoms with Crippen molar-refractivity contribution >= 4 is 35.1 Å². The fourth-order valence-electron chi connectivity index (χ4n) is 3.18. The van der Waals surface area contributed by atoms with E-state index in [-0.39, 0.29) is 17.0 Å². The standard InChI is InChI=1S/C20H17ClFN3OS/c1-11-3-8-15(9-16(11)21)25-20-18(12(2)24-25)19(27-10-17(26)23-20)13-4-6-14(22)7-5-13/h3-9,19H,10H2,1-2H3,(H,23,26)/t19-/m1/s1. The minimum absolute atomic E-state index is 0.0924. The third-order valence-electron chi connectivity index (χ3n) is 4.58. The van der Waals surface area contributed by atoms with Crippen LogP contribution in [0.3, 0.4) is 0 Å². The number of nitrogens with zero attached hydrogens (tertiary/aromatic N) is 2. The minimum Gasteiger partial charge on any atom is -0.310 e. The molecule has 0 radical (unpaired) electrons. The summed E-state index contributed by atoms with van der Waals surface area (Å²) in [6, 6.07) is 12.1. The van der Waals surface area contributed by atoms with Crippen LogP contribution in [-0.2, 0) is 4.79 Å². The van der Waals surface area contributed by atoms with E-state index in [9.17, 15) is 9.18 Å². The van der Waals surface area contributed by atoms with Crippen LogP contribution in [0.5, 0.6) is 0 Å². The monoisotopic (exact) mass is 401 g/mol. The number of aromatic nitrogens is 2. The highest BCUT2D eigenvalue weighted by Crippen LogP contribution is 2.43. The number of nitrogens with one attached hydrogen (secondary N) is 1. The molecule has 1 amide bonds. The van der Waals surface area contributed by atoms with E-state index in [1.807, 2.05) is 32.0 Å². The van der Waals surface area contributed by atoms with Crippen molar-refractivity contribution in [1.29, 1.82) is 0 Å². The van der Waals surface area contributed by atoms with Gasteiger partial charge in [0.2, 0.25) is 5.91 Å². The normalized spacial score (nSPS) is 16.6. The topological polar surface area (TPSA) is 46.9 Å². The zero-order chi connectivity index (χ0) is 19.1. The zero-order valence-corrected chi connectivity index (χ0v) is 16.4. The average Bonchev–Trinajstić information content (AvgIpc) is 2.84. The van der Waals surface area contributed by atoms with Gasteiger partial charge in [-0.25, -0.2) is 9.07 Å². The molecule has 1 atom stereocenters. The van der Waals surface area contributed by atoms with Crippen LogP contribution in [0.4, 0.5) is 10.2 Å². The molecule has 0 bridgehead atoms. The van der Waals surface area contributed by atoms with E-state index in [2.05, 4.69) is 10.4 Å². The van der Waals surface area contributed by atoms with Gasteiger partial charge in [-0.05, 0) is 49.2 Å². The molecule has 0 saturated heterocycles. The summed E-state index contributed by atoms with van der Waals surface area (Å²) in [5.41, 5.74) is 4.42. The zero-order valence-electron chi connectivity index (χ0n) is 14.8. The quantitative estimate of drug-likeness (QED) is 0.653. The first kappa shape index (κ1) is 18.1. The van der Waals surface area contributed by atoms with Crippen molar-refractivity contribution in [3.63, 3.8) is 0 Å². The molecule has 0 spiro atoms. The average molecular weight is 402 g/mol. The van der Waals surface area contributed by atoms with Gasteiger partial charge in [-0.15, -0.1) is 11.8 Å². The Morgan fingerprint density at radius 2 is 1.96 bits per heavy atom. The molecule has 1 N–H and O–H groups in total. The fraction of sp³-hybridized carbons (Fsp3) is 0.200. The van der Waals surface area contributed by atoms with Crippen molar-refractivity contribution in [2.45, 2.75) is 19.1 Å². The van der Waals surface area contributed by atoms with Gasteiger partial charge < -0.3 is 5.32 Å². The Labute approximate surface area is 165 Å². The molecule has 3 aromatic rings. The van der Waals surface area contributed by atoms with Gasteiger partial charge >= 0.3 is 0 Å². The van der Waals surface area contributed by atoms with Crippen LogP contribution in [0.1, 0.15) is 27.6 Å². The SMILES string of the molecule is Cc1ccc(-n2nc(C)c3c2NC(=O)CS[C@@H]3c2ccc(F)cc2)cc1Cl. The van der Waals surface area contributed by atoms with Gasteiger partial charge in [0.05, 0.1) is 22.4 Å². The maximum absolute atomic E-state index is 13.4. The Balaban J connectivity index is 1.88. The second-order valence-electron chi connectivity index (χ2n) is 6.48. The van der Waals surface area contributed by atoms with E-state index < -0.39 is 0 Å². The predicted octanol–water partition coefficient (Wildman–Crippen LogP) is 5.06. The summed E-state index contributed by atoms with van der Waals surface area (Å²) in [7, 11) is 0. The minimum atomic E-state index is -0.284. The van der Waals surface area contributed by atoms with Gasteiger partial charge in [0.15, 0.2) is 0 Å². The lowest BCUT2D eigenvalue weighted by Crippen LogP contribution is -2.15. The summed E-state index contributed by atoms with van der Waals surface area (Å²) >= 11 is 7.79. The Bertz CT molecular complexity index is 1030. The van der Waals surface area contributed by atoms with Gasteiger partial charge in [-0.1, -0.05) is 29.8 Å². The number of thioether (sulfide) groups is 1. The number of carbonyl (C=O) groups excluding carboxylic acids is 1. The number of aryl methyl sites for hydroxylation is 2. The third kappa shape index (κ3) is 3.35. The number of rotatable bonds is 2. The van der Waals surface area contributed by atoms with Crippen LogP contribution in [0.25, 0.3) is 5.69 Å². The highest BCUT2D eigenvalue weighted by Gasteiger charge is 2.30. The molecule has 4 nitrogen and oxygen atoms in total. The van der Waals surface area contributed by atoms with Crippen molar-refractivity contribution in [2.75, 3.05) is 11.1 Å². The van der Waals surface area contributed by atoms with E-state index in [0.29, 0.717) is 16.6 Å². The smallest absolute Gasteiger partial charge is 0.235 e. The fourth-order valence-corrected chi connectivity index (χ4v) is 4.55. The van der Waals surface area contributed by atoms with Gasteiger partial charge in [0.1, 0.15) is 11.6 Å². The summed E-state index contributed by atoms with van der Waals surface area (Å²) in [5, 5.41) is 8.16. The Hall–Kier alpha value is -2.31. The Morgan fingerprint density at radius 1 is 1.22 bits per heavy atom. The van der Waals surface area contributed by atoms with E-state index in [1.165, 1.54) is 23.9 Å². The predicted molar refractivity (Wildman–Crippen MR) is 107 cm³/mol. The van der Waals surface area contributed by atoms with Crippen LogP contribution in [-0.4, -0.2) is 21.4 Å². The van der Waals surface area contributed by atoms with Crippen molar-refractivity contribution in [3.05, 3.63) is 75.7 Å². The van der Waals surface area contributed by atoms with Gasteiger partial charge in [-0.3, -0.25) is 4.79 Å². The third-order valence-corrected chi connectivity index (χ3v) is 6.26. The van der Waals surface area contributed by atoms with Gasteiger partial charge in [-0.2, -0.15) is 5.10 Å². The Morgan fingerprint density at radius 3 is 2.67 bits per heavy atom. The van der Waals surface area contributed by atoms with Gasteiger partial charge in [0.25, 0.3) is 0 Å². The van der Waals surface area contributed by atoms with Crippen molar-refractivity contribution < 1.29 is 9.18 Å². The number of anilines is 1. The maximum Gasteiger partial charge on any atom is 0.235 e. The molecule has 0 saturated carbocycles. The molecule has 4 rings (SSSR count).